The van der Waals surface area contributed by atoms with Gasteiger partial charge in [-0.15, -0.1) is 11.3 Å². The van der Waals surface area contributed by atoms with E-state index in [4.69, 9.17) is 19.4 Å². The van der Waals surface area contributed by atoms with Crippen molar-refractivity contribution < 1.29 is 4.42 Å². The first-order valence-corrected chi connectivity index (χ1v) is 20.6. The van der Waals surface area contributed by atoms with E-state index >= 15 is 0 Å². The van der Waals surface area contributed by atoms with Crippen LogP contribution in [0.1, 0.15) is 0 Å². The molecule has 13 aromatic rings. The molecule has 274 valence electrons. The molecule has 0 saturated heterocycles. The second-order valence-electron chi connectivity index (χ2n) is 15.2. The molecule has 13 rings (SSSR count). The molecular weight excluding hydrogens is 741 g/mol. The number of fused-ring (bicyclic) bond motifs is 11. The van der Waals surface area contributed by atoms with Gasteiger partial charge in [0, 0.05) is 58.5 Å². The van der Waals surface area contributed by atoms with E-state index in [-0.39, 0.29) is 0 Å². The normalized spacial score (nSPS) is 12.1. The number of para-hydroxylation sites is 2. The van der Waals surface area contributed by atoms with Crippen LogP contribution in [0.2, 0.25) is 0 Å². The highest BCUT2D eigenvalue weighted by molar-refractivity contribution is 7.25. The Morgan fingerprint density at radius 1 is 0.390 bits per heavy atom. The fraction of sp³-hybridized carbons (Fsp3) is 0. The minimum Gasteiger partial charge on any atom is -0.455 e. The van der Waals surface area contributed by atoms with Crippen LogP contribution in [0.15, 0.2) is 186 Å². The zero-order chi connectivity index (χ0) is 38.6. The van der Waals surface area contributed by atoms with Gasteiger partial charge in [-0.05, 0) is 88.3 Å². The van der Waals surface area contributed by atoms with Crippen molar-refractivity contribution in [1.82, 2.24) is 19.5 Å². The molecular formula is C53H30N4OS. The number of thiophene rings is 1. The molecule has 0 radical (unpaired) electrons. The van der Waals surface area contributed by atoms with Crippen molar-refractivity contribution in [1.29, 1.82) is 0 Å². The molecule has 0 aliphatic carbocycles. The Kier molecular flexibility index (Phi) is 6.82. The van der Waals surface area contributed by atoms with Crippen LogP contribution in [0.4, 0.5) is 0 Å². The van der Waals surface area contributed by atoms with E-state index < -0.39 is 0 Å². The van der Waals surface area contributed by atoms with Gasteiger partial charge < -0.3 is 8.98 Å². The van der Waals surface area contributed by atoms with E-state index in [1.54, 1.807) is 11.3 Å². The number of hydrogen-bond donors (Lipinski definition) is 0. The Labute approximate surface area is 341 Å². The van der Waals surface area contributed by atoms with E-state index in [2.05, 4.69) is 174 Å². The molecule has 0 fully saturated rings. The standard InChI is InChI=1S/C53H30N4OS/c1-2-12-32-25-35(22-21-31(32)11-1)51-54-52(36-23-24-49-42(27-36)40-17-7-10-20-48(40)59-49)56-53(55-51)44-30-37(29-43-39-16-6-9-19-47(39)58-50(43)44)57-45-18-8-5-15-38(45)41-26-33-13-3-4-14-34(33)28-46(41)57/h1-30H. The maximum Gasteiger partial charge on any atom is 0.167 e. The van der Waals surface area contributed by atoms with Gasteiger partial charge in [0.05, 0.1) is 16.6 Å². The molecule has 0 N–H and O–H groups in total. The Bertz CT molecular complexity index is 3870. The van der Waals surface area contributed by atoms with Gasteiger partial charge in [0.25, 0.3) is 0 Å². The molecule has 9 aromatic carbocycles. The summed E-state index contributed by atoms with van der Waals surface area (Å²) in [4.78, 5) is 15.9. The topological polar surface area (TPSA) is 56.7 Å². The number of nitrogens with zero attached hydrogens (tertiary/aromatic N) is 4. The first kappa shape index (κ1) is 32.4. The lowest BCUT2D eigenvalue weighted by Crippen LogP contribution is -2.01. The number of furan rings is 1. The van der Waals surface area contributed by atoms with Crippen LogP contribution in [0.25, 0.3) is 125 Å². The van der Waals surface area contributed by atoms with Crippen molar-refractivity contribution in [2.75, 3.05) is 0 Å². The van der Waals surface area contributed by atoms with E-state index in [9.17, 15) is 0 Å². The first-order valence-electron chi connectivity index (χ1n) is 19.8. The van der Waals surface area contributed by atoms with E-state index in [1.807, 2.05) is 12.1 Å². The Morgan fingerprint density at radius 3 is 1.86 bits per heavy atom. The van der Waals surface area contributed by atoms with Gasteiger partial charge in [-0.2, -0.15) is 0 Å². The molecule has 0 amide bonds. The maximum absolute atomic E-state index is 6.78. The van der Waals surface area contributed by atoms with Crippen LogP contribution in [0.5, 0.6) is 0 Å². The third kappa shape index (κ3) is 5.00. The summed E-state index contributed by atoms with van der Waals surface area (Å²) in [5.41, 5.74) is 7.46. The summed E-state index contributed by atoms with van der Waals surface area (Å²) in [6.07, 6.45) is 0. The summed E-state index contributed by atoms with van der Waals surface area (Å²) in [5, 5.41) is 11.6. The van der Waals surface area contributed by atoms with Crippen LogP contribution in [-0.2, 0) is 0 Å². The largest absolute Gasteiger partial charge is 0.455 e. The zero-order valence-corrected chi connectivity index (χ0v) is 32.2. The smallest absolute Gasteiger partial charge is 0.167 e. The number of rotatable bonds is 4. The first-order chi connectivity index (χ1) is 29.2. The molecule has 0 saturated carbocycles. The van der Waals surface area contributed by atoms with Crippen LogP contribution in [0.3, 0.4) is 0 Å². The zero-order valence-electron chi connectivity index (χ0n) is 31.4. The van der Waals surface area contributed by atoms with Crippen molar-refractivity contribution in [3.63, 3.8) is 0 Å². The predicted octanol–water partition coefficient (Wildman–Crippen LogP) is 14.5. The van der Waals surface area contributed by atoms with E-state index in [0.717, 1.165) is 66.1 Å². The summed E-state index contributed by atoms with van der Waals surface area (Å²) in [5.74, 6) is 1.75. The highest BCUT2D eigenvalue weighted by atomic mass is 32.1. The molecule has 0 atom stereocenters. The summed E-state index contributed by atoms with van der Waals surface area (Å²) in [7, 11) is 0. The molecule has 0 aliphatic rings. The minimum absolute atomic E-state index is 0.547. The SMILES string of the molecule is c1ccc2cc(-c3nc(-c4ccc5sc6ccccc6c5c4)nc(-c4cc(-n5c6ccccc6c6cc7ccccc7cc65)cc5c4oc4ccccc45)n3)ccc2c1. The summed E-state index contributed by atoms with van der Waals surface area (Å²) >= 11 is 1.80. The summed E-state index contributed by atoms with van der Waals surface area (Å²) < 4.78 is 11.6. The number of aromatic nitrogens is 4. The second-order valence-corrected chi connectivity index (χ2v) is 16.3. The highest BCUT2D eigenvalue weighted by Gasteiger charge is 2.22. The lowest BCUT2D eigenvalue weighted by molar-refractivity contribution is 0.669. The van der Waals surface area contributed by atoms with Gasteiger partial charge in [0.2, 0.25) is 0 Å². The fourth-order valence-electron chi connectivity index (χ4n) is 8.99. The molecule has 0 unspecified atom stereocenters. The Balaban J connectivity index is 1.12. The van der Waals surface area contributed by atoms with Crippen LogP contribution >= 0.6 is 11.3 Å². The molecule has 0 bridgehead atoms. The van der Waals surface area contributed by atoms with Crippen molar-refractivity contribution >= 4 is 96.8 Å². The monoisotopic (exact) mass is 770 g/mol. The van der Waals surface area contributed by atoms with Gasteiger partial charge in [-0.1, -0.05) is 115 Å². The number of hydrogen-bond acceptors (Lipinski definition) is 5. The summed E-state index contributed by atoms with van der Waals surface area (Å²) in [6, 6.07) is 64.5. The number of benzene rings is 9. The van der Waals surface area contributed by atoms with Crippen molar-refractivity contribution in [2.24, 2.45) is 0 Å². The average molecular weight is 771 g/mol. The van der Waals surface area contributed by atoms with Crippen molar-refractivity contribution in [2.45, 2.75) is 0 Å². The molecule has 6 heteroatoms. The lowest BCUT2D eigenvalue weighted by Gasteiger charge is -2.13. The molecule has 0 spiro atoms. The van der Waals surface area contributed by atoms with Crippen molar-refractivity contribution in [3.05, 3.63) is 182 Å². The van der Waals surface area contributed by atoms with Crippen molar-refractivity contribution in [3.8, 4) is 39.9 Å². The Hall–Kier alpha value is -7.67. The van der Waals surface area contributed by atoms with E-state index in [1.165, 1.54) is 41.7 Å². The quantitative estimate of drug-likeness (QED) is 0.179. The van der Waals surface area contributed by atoms with Gasteiger partial charge in [0.1, 0.15) is 11.2 Å². The average Bonchev–Trinajstić information content (AvgIpc) is 3.96. The fourth-order valence-corrected chi connectivity index (χ4v) is 10.1. The predicted molar refractivity (Wildman–Crippen MR) is 246 cm³/mol. The maximum atomic E-state index is 6.78. The van der Waals surface area contributed by atoms with Gasteiger partial charge in [-0.25, -0.2) is 15.0 Å². The minimum atomic E-state index is 0.547. The van der Waals surface area contributed by atoms with Crippen LogP contribution in [0, 0.1) is 0 Å². The third-order valence-corrected chi connectivity index (χ3v) is 12.9. The lowest BCUT2D eigenvalue weighted by atomic mass is 10.0. The molecule has 59 heavy (non-hydrogen) atoms. The van der Waals surface area contributed by atoms with E-state index in [0.29, 0.717) is 17.5 Å². The molecule has 4 aromatic heterocycles. The van der Waals surface area contributed by atoms with Gasteiger partial charge >= 0.3 is 0 Å². The summed E-state index contributed by atoms with van der Waals surface area (Å²) in [6.45, 7) is 0. The van der Waals surface area contributed by atoms with Gasteiger partial charge in [0.15, 0.2) is 17.5 Å². The second kappa shape index (κ2) is 12.4. The molecule has 5 nitrogen and oxygen atoms in total. The molecule has 4 heterocycles. The highest BCUT2D eigenvalue weighted by Crippen LogP contribution is 2.42. The molecule has 0 aliphatic heterocycles. The Morgan fingerprint density at radius 2 is 1.02 bits per heavy atom. The third-order valence-electron chi connectivity index (χ3n) is 11.8. The van der Waals surface area contributed by atoms with Crippen LogP contribution < -0.4 is 0 Å². The van der Waals surface area contributed by atoms with Gasteiger partial charge in [-0.3, -0.25) is 0 Å². The van der Waals surface area contributed by atoms with Crippen LogP contribution in [-0.4, -0.2) is 19.5 Å².